The summed E-state index contributed by atoms with van der Waals surface area (Å²) in [5, 5.41) is 0. The van der Waals surface area contributed by atoms with E-state index in [9.17, 15) is 8.42 Å². The van der Waals surface area contributed by atoms with E-state index < -0.39 is 10.0 Å². The Hall–Kier alpha value is -0.820. The molecule has 1 fully saturated rings. The largest absolute Gasteiger partial charge is 0.355 e. The third kappa shape index (κ3) is 4.07. The summed E-state index contributed by atoms with van der Waals surface area (Å²) in [7, 11) is -3.30. The SMILES string of the molecule is CC1CCN(c2ncc(Br)cc2NS(C)(=O)=O)CC1. The minimum absolute atomic E-state index is 0.534. The van der Waals surface area contributed by atoms with Crippen LogP contribution in [0.3, 0.4) is 0 Å². The number of aromatic nitrogens is 1. The predicted molar refractivity (Wildman–Crippen MR) is 81.0 cm³/mol. The molecule has 19 heavy (non-hydrogen) atoms. The molecule has 106 valence electrons. The first kappa shape index (κ1) is 14.6. The molecular formula is C12H18BrN3O2S. The maximum Gasteiger partial charge on any atom is 0.229 e. The van der Waals surface area contributed by atoms with Crippen molar-refractivity contribution in [2.75, 3.05) is 29.0 Å². The molecule has 0 aliphatic carbocycles. The lowest BCUT2D eigenvalue weighted by molar-refractivity contribution is 0.437. The maximum absolute atomic E-state index is 11.4. The Morgan fingerprint density at radius 2 is 2.05 bits per heavy atom. The van der Waals surface area contributed by atoms with E-state index in [2.05, 4.69) is 37.5 Å². The standard InChI is InChI=1S/C12H18BrN3O2S/c1-9-3-5-16(6-4-9)12-11(15-19(2,17)18)7-10(13)8-14-12/h7-9,15H,3-6H2,1-2H3. The molecule has 2 rings (SSSR count). The minimum Gasteiger partial charge on any atom is -0.355 e. The molecule has 0 saturated carbocycles. The van der Waals surface area contributed by atoms with Crippen LogP contribution >= 0.6 is 15.9 Å². The average molecular weight is 348 g/mol. The van der Waals surface area contributed by atoms with Gasteiger partial charge < -0.3 is 4.90 Å². The maximum atomic E-state index is 11.4. The van der Waals surface area contributed by atoms with E-state index in [-0.39, 0.29) is 0 Å². The topological polar surface area (TPSA) is 62.3 Å². The van der Waals surface area contributed by atoms with Gasteiger partial charge in [0.2, 0.25) is 10.0 Å². The Bertz CT molecular complexity index is 554. The number of nitrogens with zero attached hydrogens (tertiary/aromatic N) is 2. The molecule has 5 nitrogen and oxygen atoms in total. The van der Waals surface area contributed by atoms with Gasteiger partial charge in [0.05, 0.1) is 11.9 Å². The van der Waals surface area contributed by atoms with E-state index in [1.807, 2.05) is 0 Å². The Morgan fingerprint density at radius 1 is 1.42 bits per heavy atom. The molecule has 0 spiro atoms. The highest BCUT2D eigenvalue weighted by atomic mass is 79.9. The third-order valence-corrected chi connectivity index (χ3v) is 4.24. The number of anilines is 2. The molecule has 7 heteroatoms. The minimum atomic E-state index is -3.30. The highest BCUT2D eigenvalue weighted by Crippen LogP contribution is 2.30. The van der Waals surface area contributed by atoms with Gasteiger partial charge in [0.1, 0.15) is 0 Å². The number of rotatable bonds is 3. The van der Waals surface area contributed by atoms with Crippen LogP contribution in [0.4, 0.5) is 11.5 Å². The fourth-order valence-electron chi connectivity index (χ4n) is 2.18. The van der Waals surface area contributed by atoms with Crippen LogP contribution in [-0.2, 0) is 10.0 Å². The predicted octanol–water partition coefficient (Wildman–Crippen LogP) is 2.45. The normalized spacial score (nSPS) is 17.5. The Balaban J connectivity index is 2.29. The van der Waals surface area contributed by atoms with E-state index in [0.29, 0.717) is 11.5 Å². The van der Waals surface area contributed by atoms with Crippen LogP contribution in [0.5, 0.6) is 0 Å². The Morgan fingerprint density at radius 3 is 2.63 bits per heavy atom. The van der Waals surface area contributed by atoms with Crippen molar-refractivity contribution in [1.29, 1.82) is 0 Å². The summed E-state index contributed by atoms with van der Waals surface area (Å²) >= 11 is 3.32. The average Bonchev–Trinajstić information content (AvgIpc) is 2.29. The number of nitrogens with one attached hydrogen (secondary N) is 1. The lowest BCUT2D eigenvalue weighted by Crippen LogP contribution is -2.34. The fraction of sp³-hybridized carbons (Fsp3) is 0.583. The molecule has 1 N–H and O–H groups in total. The smallest absolute Gasteiger partial charge is 0.229 e. The molecule has 0 unspecified atom stereocenters. The number of hydrogen-bond donors (Lipinski definition) is 1. The molecule has 1 aromatic rings. The van der Waals surface area contributed by atoms with Gasteiger partial charge in [-0.2, -0.15) is 0 Å². The molecule has 0 atom stereocenters. The molecule has 0 bridgehead atoms. The van der Waals surface area contributed by atoms with Crippen LogP contribution in [-0.4, -0.2) is 32.7 Å². The summed E-state index contributed by atoms with van der Waals surface area (Å²) in [6, 6.07) is 1.75. The van der Waals surface area contributed by atoms with E-state index in [0.717, 1.165) is 42.6 Å². The quantitative estimate of drug-likeness (QED) is 0.912. The summed E-state index contributed by atoms with van der Waals surface area (Å²) in [6.45, 7) is 4.06. The van der Waals surface area contributed by atoms with Gasteiger partial charge in [-0.15, -0.1) is 0 Å². The monoisotopic (exact) mass is 347 g/mol. The van der Waals surface area contributed by atoms with E-state index >= 15 is 0 Å². The third-order valence-electron chi connectivity index (χ3n) is 3.21. The zero-order valence-corrected chi connectivity index (χ0v) is 13.5. The van der Waals surface area contributed by atoms with Crippen LogP contribution in [0.2, 0.25) is 0 Å². The van der Waals surface area contributed by atoms with E-state index in [4.69, 9.17) is 0 Å². The second kappa shape index (κ2) is 5.66. The molecule has 1 aromatic heterocycles. The zero-order chi connectivity index (χ0) is 14.0. The van der Waals surface area contributed by atoms with Crippen LogP contribution in [0.15, 0.2) is 16.7 Å². The van der Waals surface area contributed by atoms with Crippen molar-refractivity contribution in [3.8, 4) is 0 Å². The second-order valence-corrected chi connectivity index (χ2v) is 7.73. The lowest BCUT2D eigenvalue weighted by atomic mass is 9.99. The summed E-state index contributed by atoms with van der Waals surface area (Å²) < 4.78 is 26.1. The van der Waals surface area contributed by atoms with Gasteiger partial charge in [-0.05, 0) is 40.8 Å². The van der Waals surface area contributed by atoms with Crippen molar-refractivity contribution in [3.63, 3.8) is 0 Å². The molecule has 0 radical (unpaired) electrons. The molecule has 1 aliphatic rings. The van der Waals surface area contributed by atoms with Crippen molar-refractivity contribution >= 4 is 37.5 Å². The van der Waals surface area contributed by atoms with Gasteiger partial charge in [0.25, 0.3) is 0 Å². The zero-order valence-electron chi connectivity index (χ0n) is 11.1. The molecule has 1 aliphatic heterocycles. The van der Waals surface area contributed by atoms with E-state index in [1.165, 1.54) is 0 Å². The Labute approximate surface area is 122 Å². The highest BCUT2D eigenvalue weighted by Gasteiger charge is 2.20. The van der Waals surface area contributed by atoms with Crippen molar-refractivity contribution < 1.29 is 8.42 Å². The number of sulfonamides is 1. The van der Waals surface area contributed by atoms with Crippen molar-refractivity contribution in [2.45, 2.75) is 19.8 Å². The van der Waals surface area contributed by atoms with Gasteiger partial charge >= 0.3 is 0 Å². The molecule has 1 saturated heterocycles. The first-order chi connectivity index (χ1) is 8.85. The van der Waals surface area contributed by atoms with Gasteiger partial charge in [-0.25, -0.2) is 13.4 Å². The van der Waals surface area contributed by atoms with Gasteiger partial charge in [0, 0.05) is 23.8 Å². The molecule has 0 aromatic carbocycles. The van der Waals surface area contributed by atoms with Gasteiger partial charge in [-0.3, -0.25) is 4.72 Å². The summed E-state index contributed by atoms with van der Waals surface area (Å²) in [5.41, 5.74) is 0.534. The number of halogens is 1. The van der Waals surface area contributed by atoms with Crippen LogP contribution in [0, 0.1) is 5.92 Å². The molecular weight excluding hydrogens is 330 g/mol. The fourth-order valence-corrected chi connectivity index (χ4v) is 3.06. The summed E-state index contributed by atoms with van der Waals surface area (Å²) in [4.78, 5) is 6.50. The first-order valence-electron chi connectivity index (χ1n) is 6.23. The van der Waals surface area contributed by atoms with Crippen molar-refractivity contribution in [2.24, 2.45) is 5.92 Å². The number of hydrogen-bond acceptors (Lipinski definition) is 4. The van der Waals surface area contributed by atoms with Crippen LogP contribution in [0.25, 0.3) is 0 Å². The molecule has 0 amide bonds. The number of piperidine rings is 1. The highest BCUT2D eigenvalue weighted by molar-refractivity contribution is 9.10. The Kier molecular flexibility index (Phi) is 4.35. The molecule has 2 heterocycles. The summed E-state index contributed by atoms with van der Waals surface area (Å²) in [5.74, 6) is 1.43. The van der Waals surface area contributed by atoms with Crippen LogP contribution in [0.1, 0.15) is 19.8 Å². The van der Waals surface area contributed by atoms with Gasteiger partial charge in [-0.1, -0.05) is 6.92 Å². The lowest BCUT2D eigenvalue weighted by Gasteiger charge is -2.32. The van der Waals surface area contributed by atoms with Crippen molar-refractivity contribution in [1.82, 2.24) is 4.98 Å². The van der Waals surface area contributed by atoms with Gasteiger partial charge in [0.15, 0.2) is 5.82 Å². The van der Waals surface area contributed by atoms with Crippen molar-refractivity contribution in [3.05, 3.63) is 16.7 Å². The van der Waals surface area contributed by atoms with Crippen LogP contribution < -0.4 is 9.62 Å². The number of pyridine rings is 1. The first-order valence-corrected chi connectivity index (χ1v) is 8.92. The van der Waals surface area contributed by atoms with E-state index in [1.54, 1.807) is 12.3 Å². The second-order valence-electron chi connectivity index (χ2n) is 5.07. The summed E-state index contributed by atoms with van der Waals surface area (Å²) in [6.07, 6.45) is 5.06.